The van der Waals surface area contributed by atoms with Crippen molar-refractivity contribution in [1.29, 1.82) is 0 Å². The molecule has 0 aliphatic carbocycles. The first-order valence-electron chi connectivity index (χ1n) is 12.8. The summed E-state index contributed by atoms with van der Waals surface area (Å²) < 4.78 is 75.0. The van der Waals surface area contributed by atoms with Crippen LogP contribution in [0.3, 0.4) is 0 Å². The number of nitrogens with zero attached hydrogens (tertiary/aromatic N) is 3. The number of nitrogens with two attached hydrogens (primary N) is 1. The van der Waals surface area contributed by atoms with Gasteiger partial charge in [0.15, 0.2) is 0 Å². The largest absolute Gasteiger partial charge is 0.480 e. The normalized spacial score (nSPS) is 12.9. The van der Waals surface area contributed by atoms with Gasteiger partial charge in [0.1, 0.15) is 11.5 Å². The molecule has 0 bridgehead atoms. The van der Waals surface area contributed by atoms with Gasteiger partial charge in [-0.3, -0.25) is 9.52 Å². The van der Waals surface area contributed by atoms with Crippen molar-refractivity contribution in [2.75, 3.05) is 17.6 Å². The first-order valence-corrected chi connectivity index (χ1v) is 14.3. The van der Waals surface area contributed by atoms with E-state index in [9.17, 15) is 26.4 Å². The van der Waals surface area contributed by atoms with Gasteiger partial charge in [0.25, 0.3) is 15.6 Å². The molecule has 13 heteroatoms. The van der Waals surface area contributed by atoms with Crippen LogP contribution in [0.25, 0.3) is 22.0 Å². The van der Waals surface area contributed by atoms with Crippen LogP contribution in [-0.2, 0) is 16.2 Å². The van der Waals surface area contributed by atoms with Crippen molar-refractivity contribution in [3.63, 3.8) is 0 Å². The lowest BCUT2D eigenvalue weighted by Gasteiger charge is -2.21. The van der Waals surface area contributed by atoms with Crippen LogP contribution in [-0.4, -0.2) is 30.1 Å². The number of nitrogen functional groups attached to an aromatic ring is 1. The van der Waals surface area contributed by atoms with Gasteiger partial charge in [-0.2, -0.15) is 13.2 Å². The smallest absolute Gasteiger partial charge is 0.416 e. The molecular formula is C28H30F3N5O4S. The molecule has 3 heterocycles. The van der Waals surface area contributed by atoms with Crippen molar-refractivity contribution < 1.29 is 26.3 Å². The number of alkyl halides is 3. The zero-order valence-electron chi connectivity index (χ0n) is 22.9. The van der Waals surface area contributed by atoms with E-state index in [1.54, 1.807) is 23.6 Å². The Kier molecular flexibility index (Phi) is 8.29. The summed E-state index contributed by atoms with van der Waals surface area (Å²) >= 11 is 0. The molecule has 4 aromatic rings. The van der Waals surface area contributed by atoms with Crippen LogP contribution in [0, 0.1) is 6.92 Å². The van der Waals surface area contributed by atoms with E-state index in [1.807, 2.05) is 6.92 Å². The fourth-order valence-corrected chi connectivity index (χ4v) is 5.76. The number of anilines is 2. The van der Waals surface area contributed by atoms with Crippen molar-refractivity contribution in [3.8, 4) is 17.0 Å². The van der Waals surface area contributed by atoms with E-state index in [-0.39, 0.29) is 40.1 Å². The fourth-order valence-electron chi connectivity index (χ4n) is 4.66. The van der Waals surface area contributed by atoms with E-state index >= 15 is 0 Å². The maximum atomic E-state index is 13.9. The number of ether oxygens (including phenoxy) is 1. The van der Waals surface area contributed by atoms with Gasteiger partial charge in [-0.25, -0.2) is 18.4 Å². The van der Waals surface area contributed by atoms with E-state index in [0.717, 1.165) is 37.5 Å². The zero-order chi connectivity index (χ0) is 30.1. The first kappa shape index (κ1) is 29.8. The third-order valence-electron chi connectivity index (χ3n) is 6.73. The molecule has 9 nitrogen and oxygen atoms in total. The van der Waals surface area contributed by atoms with E-state index in [2.05, 4.69) is 21.6 Å². The molecule has 41 heavy (non-hydrogen) atoms. The summed E-state index contributed by atoms with van der Waals surface area (Å²) in [5.41, 5.74) is 6.12. The van der Waals surface area contributed by atoms with Crippen LogP contribution in [0.5, 0.6) is 5.88 Å². The minimum atomic E-state index is -4.73. The minimum absolute atomic E-state index is 0.132. The van der Waals surface area contributed by atoms with E-state index in [4.69, 9.17) is 10.5 Å². The summed E-state index contributed by atoms with van der Waals surface area (Å²) in [4.78, 5) is 21.8. The molecule has 0 radical (unpaired) electrons. The lowest BCUT2D eigenvalue weighted by molar-refractivity contribution is -0.137. The van der Waals surface area contributed by atoms with Gasteiger partial charge in [0.2, 0.25) is 5.88 Å². The standard InChI is InChI=1S/C28H30F3N5O4S/c1-5-6-8-16(2)36-24-14-25(32)34-17(3)21(24)13-22(27(36)37)18-11-23(26(40-4)33-15-18)35-41(38,39)20-10-7-9-19(12-20)28(29,30)31/h7,9-16,35H,5-6,8H2,1-4H3,(H2,32,34). The molecule has 218 valence electrons. The molecule has 1 atom stereocenters. The number of nitrogens with one attached hydrogen (secondary N) is 1. The Balaban J connectivity index is 1.87. The summed E-state index contributed by atoms with van der Waals surface area (Å²) in [7, 11) is -3.23. The first-order chi connectivity index (χ1) is 19.3. The number of fused-ring (bicyclic) bond motifs is 1. The maximum absolute atomic E-state index is 13.9. The van der Waals surface area contributed by atoms with Crippen LogP contribution < -0.4 is 20.8 Å². The quantitative estimate of drug-likeness (QED) is 0.248. The Bertz CT molecular complexity index is 1770. The van der Waals surface area contributed by atoms with Gasteiger partial charge in [0.05, 0.1) is 23.1 Å². The summed E-state index contributed by atoms with van der Waals surface area (Å²) in [6.07, 6.45) is -0.794. The van der Waals surface area contributed by atoms with Crippen LogP contribution >= 0.6 is 0 Å². The number of aromatic nitrogens is 3. The number of hydrogen-bond donors (Lipinski definition) is 2. The molecular weight excluding hydrogens is 559 g/mol. The Morgan fingerprint density at radius 2 is 1.90 bits per heavy atom. The summed E-state index contributed by atoms with van der Waals surface area (Å²) in [5, 5.41) is 0.680. The van der Waals surface area contributed by atoms with E-state index in [0.29, 0.717) is 22.7 Å². The highest BCUT2D eigenvalue weighted by molar-refractivity contribution is 7.92. The third kappa shape index (κ3) is 6.14. The topological polar surface area (TPSA) is 129 Å². The minimum Gasteiger partial charge on any atom is -0.480 e. The number of methoxy groups -OCH3 is 1. The predicted octanol–water partition coefficient (Wildman–Crippen LogP) is 5.93. The maximum Gasteiger partial charge on any atom is 0.416 e. The van der Waals surface area contributed by atoms with E-state index < -0.39 is 26.7 Å². The second-order valence-electron chi connectivity index (χ2n) is 9.70. The van der Waals surface area contributed by atoms with Crippen molar-refractivity contribution in [2.45, 2.75) is 57.1 Å². The monoisotopic (exact) mass is 589 g/mol. The molecule has 1 unspecified atom stereocenters. The summed E-state index contributed by atoms with van der Waals surface area (Å²) in [6.45, 7) is 5.77. The predicted molar refractivity (Wildman–Crippen MR) is 151 cm³/mol. The number of rotatable bonds is 9. The SMILES string of the molecule is CCCCC(C)n1c(=O)c(-c2cnc(OC)c(NS(=O)(=O)c3cccc(C(F)(F)F)c3)c2)cc2c(C)nc(N)cc21. The third-order valence-corrected chi connectivity index (χ3v) is 8.10. The second kappa shape index (κ2) is 11.4. The number of benzene rings is 1. The Labute approximate surface area is 235 Å². The summed E-state index contributed by atoms with van der Waals surface area (Å²) in [6, 6.07) is 7.84. The zero-order valence-corrected chi connectivity index (χ0v) is 23.7. The van der Waals surface area contributed by atoms with Gasteiger partial charge in [-0.1, -0.05) is 25.8 Å². The Morgan fingerprint density at radius 3 is 2.56 bits per heavy atom. The van der Waals surface area contributed by atoms with Gasteiger partial charge < -0.3 is 15.0 Å². The number of unbranched alkanes of at least 4 members (excludes halogenated alkanes) is 1. The molecule has 0 saturated carbocycles. The van der Waals surface area contributed by atoms with Crippen molar-refractivity contribution in [2.24, 2.45) is 0 Å². The number of pyridine rings is 3. The molecule has 0 aliphatic heterocycles. The molecule has 4 rings (SSSR count). The van der Waals surface area contributed by atoms with Crippen LogP contribution in [0.1, 0.15) is 50.4 Å². The molecule has 3 N–H and O–H groups in total. The number of halogens is 3. The van der Waals surface area contributed by atoms with Crippen molar-refractivity contribution in [1.82, 2.24) is 14.5 Å². The number of sulfonamides is 1. The van der Waals surface area contributed by atoms with Crippen LogP contribution in [0.15, 0.2) is 58.4 Å². The molecule has 0 saturated heterocycles. The highest BCUT2D eigenvalue weighted by atomic mass is 32.2. The molecule has 0 amide bonds. The number of hydrogen-bond acceptors (Lipinski definition) is 7. The fraction of sp³-hybridized carbons (Fsp3) is 0.321. The van der Waals surface area contributed by atoms with Gasteiger partial charge in [0, 0.05) is 40.5 Å². The highest BCUT2D eigenvalue weighted by Gasteiger charge is 2.32. The Morgan fingerprint density at radius 1 is 1.17 bits per heavy atom. The lowest BCUT2D eigenvalue weighted by Crippen LogP contribution is -2.26. The molecule has 0 fully saturated rings. The molecule has 0 aliphatic rings. The highest BCUT2D eigenvalue weighted by Crippen LogP contribution is 2.34. The molecule has 1 aromatic carbocycles. The molecule has 3 aromatic heterocycles. The van der Waals surface area contributed by atoms with Crippen LogP contribution in [0.2, 0.25) is 0 Å². The lowest BCUT2D eigenvalue weighted by atomic mass is 10.0. The average molecular weight is 590 g/mol. The van der Waals surface area contributed by atoms with Gasteiger partial charge in [-0.05, 0) is 50.6 Å². The Hall–Kier alpha value is -4.13. The van der Waals surface area contributed by atoms with Gasteiger partial charge >= 0.3 is 6.18 Å². The average Bonchev–Trinajstić information content (AvgIpc) is 2.91. The van der Waals surface area contributed by atoms with Crippen molar-refractivity contribution >= 4 is 32.4 Å². The summed E-state index contributed by atoms with van der Waals surface area (Å²) in [5.74, 6) is 0.142. The van der Waals surface area contributed by atoms with Gasteiger partial charge in [-0.15, -0.1) is 0 Å². The van der Waals surface area contributed by atoms with Crippen molar-refractivity contribution in [3.05, 3.63) is 70.3 Å². The van der Waals surface area contributed by atoms with E-state index in [1.165, 1.54) is 19.4 Å². The number of aryl methyl sites for hydroxylation is 1. The van der Waals surface area contributed by atoms with Crippen LogP contribution in [0.4, 0.5) is 24.7 Å². The molecule has 0 spiro atoms. The second-order valence-corrected chi connectivity index (χ2v) is 11.4.